The second-order valence-corrected chi connectivity index (χ2v) is 8.44. The van der Waals surface area contributed by atoms with Crippen molar-refractivity contribution < 1.29 is 24.8 Å². The van der Waals surface area contributed by atoms with Gasteiger partial charge in [-0.05, 0) is 32.1 Å². The van der Waals surface area contributed by atoms with E-state index in [0.717, 1.165) is 19.3 Å². The van der Waals surface area contributed by atoms with Crippen LogP contribution in [-0.2, 0) is 9.47 Å². The van der Waals surface area contributed by atoms with Gasteiger partial charge in [-0.2, -0.15) is 0 Å². The van der Waals surface area contributed by atoms with Gasteiger partial charge >= 0.3 is 0 Å². The highest BCUT2D eigenvalue weighted by Gasteiger charge is 2.39. The Hall–Kier alpha value is -0.460. The van der Waals surface area contributed by atoms with Crippen molar-refractivity contribution in [3.05, 3.63) is 12.2 Å². The minimum atomic E-state index is -1.03. The van der Waals surface area contributed by atoms with Crippen LogP contribution in [0.2, 0.25) is 0 Å². The first kappa shape index (κ1) is 26.6. The zero-order valence-corrected chi connectivity index (χ0v) is 18.6. The van der Waals surface area contributed by atoms with E-state index in [9.17, 15) is 15.3 Å². The molecule has 0 aromatic carbocycles. The molecule has 1 heterocycles. The van der Waals surface area contributed by atoms with E-state index < -0.39 is 24.4 Å². The Morgan fingerprint density at radius 1 is 0.862 bits per heavy atom. The molecule has 0 unspecified atom stereocenters. The summed E-state index contributed by atoms with van der Waals surface area (Å²) in [6.07, 6.45) is 19.1. The van der Waals surface area contributed by atoms with Crippen molar-refractivity contribution in [2.45, 2.75) is 121 Å². The first-order valence-electron chi connectivity index (χ1n) is 12.0. The molecule has 4 atom stereocenters. The van der Waals surface area contributed by atoms with Crippen LogP contribution in [0.3, 0.4) is 0 Å². The second-order valence-electron chi connectivity index (χ2n) is 8.44. The molecule has 5 heteroatoms. The third-order valence-electron chi connectivity index (χ3n) is 5.66. The van der Waals surface area contributed by atoms with Crippen molar-refractivity contribution in [1.82, 2.24) is 0 Å². The molecular formula is C24H46O5. The van der Waals surface area contributed by atoms with Gasteiger partial charge in [0.15, 0.2) is 0 Å². The number of hydrogen-bond donors (Lipinski definition) is 3. The average Bonchev–Trinajstić information content (AvgIpc) is 3.05. The van der Waals surface area contributed by atoms with Gasteiger partial charge in [-0.1, -0.05) is 76.9 Å². The Kier molecular flexibility index (Phi) is 16.8. The van der Waals surface area contributed by atoms with Gasteiger partial charge in [0.05, 0.1) is 13.2 Å². The SMILES string of the molecule is CCCCCCCCCCCC/C=C/CCCCOC[C@@H](O)[C@@H]1OC[C@H](O)[C@@H]1O. The van der Waals surface area contributed by atoms with Crippen LogP contribution in [0.4, 0.5) is 0 Å². The third-order valence-corrected chi connectivity index (χ3v) is 5.66. The lowest BCUT2D eigenvalue weighted by molar-refractivity contribution is -0.0813. The van der Waals surface area contributed by atoms with Crippen molar-refractivity contribution in [2.75, 3.05) is 19.8 Å². The van der Waals surface area contributed by atoms with Gasteiger partial charge in [0.1, 0.15) is 24.4 Å². The number of unbranched alkanes of at least 4 members (excludes halogenated alkanes) is 12. The van der Waals surface area contributed by atoms with E-state index in [-0.39, 0.29) is 13.2 Å². The van der Waals surface area contributed by atoms with Crippen LogP contribution in [-0.4, -0.2) is 59.6 Å². The van der Waals surface area contributed by atoms with E-state index in [1.165, 1.54) is 70.6 Å². The molecule has 0 bridgehead atoms. The fraction of sp³-hybridized carbons (Fsp3) is 0.917. The predicted molar refractivity (Wildman–Crippen MR) is 118 cm³/mol. The minimum Gasteiger partial charge on any atom is -0.388 e. The van der Waals surface area contributed by atoms with Crippen molar-refractivity contribution in [3.63, 3.8) is 0 Å². The minimum absolute atomic E-state index is 0.0638. The van der Waals surface area contributed by atoms with Crippen LogP contribution in [0.25, 0.3) is 0 Å². The largest absolute Gasteiger partial charge is 0.388 e. The fourth-order valence-electron chi connectivity index (χ4n) is 3.72. The quantitative estimate of drug-likeness (QED) is 0.214. The lowest BCUT2D eigenvalue weighted by Gasteiger charge is -2.20. The molecule has 0 aromatic rings. The van der Waals surface area contributed by atoms with E-state index in [2.05, 4.69) is 19.1 Å². The van der Waals surface area contributed by atoms with Crippen LogP contribution in [0.1, 0.15) is 96.8 Å². The Morgan fingerprint density at radius 3 is 1.97 bits per heavy atom. The van der Waals surface area contributed by atoms with Gasteiger partial charge < -0.3 is 24.8 Å². The molecular weight excluding hydrogens is 368 g/mol. The highest BCUT2D eigenvalue weighted by Crippen LogP contribution is 2.18. The summed E-state index contributed by atoms with van der Waals surface area (Å²) in [5.41, 5.74) is 0. The maximum atomic E-state index is 9.94. The molecule has 0 spiro atoms. The van der Waals surface area contributed by atoms with Gasteiger partial charge in [0, 0.05) is 6.61 Å². The fourth-order valence-corrected chi connectivity index (χ4v) is 3.72. The molecule has 172 valence electrons. The molecule has 0 radical (unpaired) electrons. The van der Waals surface area contributed by atoms with Crippen LogP contribution in [0, 0.1) is 0 Å². The lowest BCUT2D eigenvalue weighted by Crippen LogP contribution is -2.40. The summed E-state index contributed by atoms with van der Waals surface area (Å²) in [4.78, 5) is 0. The summed E-state index contributed by atoms with van der Waals surface area (Å²) in [5, 5.41) is 29.0. The zero-order chi connectivity index (χ0) is 21.2. The molecule has 5 nitrogen and oxygen atoms in total. The topological polar surface area (TPSA) is 79.2 Å². The summed E-state index contributed by atoms with van der Waals surface area (Å²) in [6, 6.07) is 0. The third kappa shape index (κ3) is 13.5. The molecule has 0 aliphatic carbocycles. The average molecular weight is 415 g/mol. The molecule has 1 saturated heterocycles. The Bertz CT molecular complexity index is 387. The van der Waals surface area contributed by atoms with E-state index in [4.69, 9.17) is 9.47 Å². The van der Waals surface area contributed by atoms with Gasteiger partial charge in [-0.3, -0.25) is 0 Å². The number of aliphatic hydroxyl groups excluding tert-OH is 3. The number of ether oxygens (including phenoxy) is 2. The molecule has 1 aliphatic heterocycles. The van der Waals surface area contributed by atoms with Crippen molar-refractivity contribution in [3.8, 4) is 0 Å². The molecule has 3 N–H and O–H groups in total. The summed E-state index contributed by atoms with van der Waals surface area (Å²) >= 11 is 0. The highest BCUT2D eigenvalue weighted by atomic mass is 16.5. The number of allylic oxidation sites excluding steroid dienone is 2. The summed E-state index contributed by atoms with van der Waals surface area (Å²) in [5.74, 6) is 0. The van der Waals surface area contributed by atoms with Gasteiger partial charge in [0.25, 0.3) is 0 Å². The molecule has 1 fully saturated rings. The van der Waals surface area contributed by atoms with Crippen LogP contribution < -0.4 is 0 Å². The summed E-state index contributed by atoms with van der Waals surface area (Å²) in [7, 11) is 0. The van der Waals surface area contributed by atoms with Crippen molar-refractivity contribution in [1.29, 1.82) is 0 Å². The maximum Gasteiger partial charge on any atom is 0.114 e. The molecule has 0 aromatic heterocycles. The molecule has 1 rings (SSSR count). The summed E-state index contributed by atoms with van der Waals surface area (Å²) < 4.78 is 10.7. The second kappa shape index (κ2) is 18.3. The van der Waals surface area contributed by atoms with Crippen LogP contribution in [0.5, 0.6) is 0 Å². The smallest absolute Gasteiger partial charge is 0.114 e. The normalized spacial score (nSPS) is 23.2. The Balaban J connectivity index is 1.79. The van der Waals surface area contributed by atoms with E-state index in [0.29, 0.717) is 6.61 Å². The monoisotopic (exact) mass is 414 g/mol. The van der Waals surface area contributed by atoms with Crippen molar-refractivity contribution in [2.24, 2.45) is 0 Å². The number of aliphatic hydroxyl groups is 3. The molecule has 29 heavy (non-hydrogen) atoms. The highest BCUT2D eigenvalue weighted by molar-refractivity contribution is 4.87. The Labute approximate surface area is 178 Å². The van der Waals surface area contributed by atoms with Gasteiger partial charge in [-0.25, -0.2) is 0 Å². The lowest BCUT2D eigenvalue weighted by atomic mass is 10.1. The molecule has 0 amide bonds. The van der Waals surface area contributed by atoms with Gasteiger partial charge in [-0.15, -0.1) is 0 Å². The van der Waals surface area contributed by atoms with Crippen LogP contribution >= 0.6 is 0 Å². The van der Waals surface area contributed by atoms with Crippen LogP contribution in [0.15, 0.2) is 12.2 Å². The first-order chi connectivity index (χ1) is 14.2. The van der Waals surface area contributed by atoms with Gasteiger partial charge in [0.2, 0.25) is 0 Å². The number of rotatable bonds is 19. The number of hydrogen-bond acceptors (Lipinski definition) is 5. The first-order valence-corrected chi connectivity index (χ1v) is 12.0. The van der Waals surface area contributed by atoms with E-state index in [1.54, 1.807) is 0 Å². The predicted octanol–water partition coefficient (Wildman–Crippen LogP) is 4.52. The van der Waals surface area contributed by atoms with Crippen molar-refractivity contribution >= 4 is 0 Å². The zero-order valence-electron chi connectivity index (χ0n) is 18.6. The molecule has 0 saturated carbocycles. The maximum absolute atomic E-state index is 9.94. The molecule has 1 aliphatic rings. The Morgan fingerprint density at radius 2 is 1.41 bits per heavy atom. The van der Waals surface area contributed by atoms with E-state index >= 15 is 0 Å². The standard InChI is InChI=1S/C24H46O5/c1-2-3-4-5-6-7-8-9-10-11-12-13-14-15-16-17-18-28-19-22(26)24-23(27)21(25)20-29-24/h13-14,21-27H,2-12,15-20H2,1H3/b14-13+/t21-,22+,23-,24-/m0/s1. The van der Waals surface area contributed by atoms with E-state index in [1.807, 2.05) is 0 Å². The summed E-state index contributed by atoms with van der Waals surface area (Å²) in [6.45, 7) is 3.05.